The molecule has 176 valence electrons. The number of hydrogen-bond acceptors (Lipinski definition) is 4. The number of ether oxygens (including phenoxy) is 2. The second kappa shape index (κ2) is 7.45. The molecule has 5 rings (SSSR count). The quantitative estimate of drug-likeness (QED) is 0.419. The highest BCUT2D eigenvalue weighted by Gasteiger charge is 2.38. The number of nitrogens with one attached hydrogen (secondary N) is 1. The normalized spacial score (nSPS) is 18.0. The minimum atomic E-state index is -4.47. The molecule has 0 fully saturated rings. The zero-order valence-corrected chi connectivity index (χ0v) is 19.2. The van der Waals surface area contributed by atoms with Gasteiger partial charge in [0, 0.05) is 16.8 Å². The Bertz CT molecular complexity index is 1340. The number of phenolic OH excluding ortho intramolecular Hbond substituents is 1. The van der Waals surface area contributed by atoms with E-state index in [2.05, 4.69) is 25.2 Å². The fourth-order valence-electron chi connectivity index (χ4n) is 5.05. The van der Waals surface area contributed by atoms with Crippen LogP contribution >= 0.6 is 0 Å². The lowest BCUT2D eigenvalue weighted by atomic mass is 9.80. The molecule has 0 aliphatic carbocycles. The predicted octanol–water partition coefficient (Wildman–Crippen LogP) is 7.18. The zero-order valence-electron chi connectivity index (χ0n) is 19.2. The van der Waals surface area contributed by atoms with Gasteiger partial charge in [-0.3, -0.25) is 0 Å². The Labute approximate surface area is 195 Å². The molecule has 1 unspecified atom stereocenters. The molecule has 0 aromatic heterocycles. The number of anilines is 1. The van der Waals surface area contributed by atoms with Gasteiger partial charge in [-0.2, -0.15) is 13.2 Å². The van der Waals surface area contributed by atoms with Gasteiger partial charge < -0.3 is 19.9 Å². The third kappa shape index (κ3) is 3.47. The molecule has 3 aromatic carbocycles. The molecule has 2 aliphatic heterocycles. The van der Waals surface area contributed by atoms with Crippen molar-refractivity contribution in [2.45, 2.75) is 38.6 Å². The van der Waals surface area contributed by atoms with Gasteiger partial charge >= 0.3 is 6.18 Å². The molecular weight excluding hydrogens is 443 g/mol. The summed E-state index contributed by atoms with van der Waals surface area (Å²) >= 11 is 0. The molecule has 1 atom stereocenters. The van der Waals surface area contributed by atoms with Gasteiger partial charge in [-0.15, -0.1) is 0 Å². The molecule has 34 heavy (non-hydrogen) atoms. The highest BCUT2D eigenvalue weighted by Crippen LogP contribution is 2.55. The predicted molar refractivity (Wildman–Crippen MR) is 125 cm³/mol. The summed E-state index contributed by atoms with van der Waals surface area (Å²) in [7, 11) is 1.46. The number of methoxy groups -OCH3 is 1. The number of rotatable bonds is 2. The third-order valence-electron chi connectivity index (χ3n) is 6.27. The smallest absolute Gasteiger partial charge is 0.416 e. The lowest BCUT2D eigenvalue weighted by molar-refractivity contribution is -0.137. The molecule has 3 aromatic rings. The summed E-state index contributed by atoms with van der Waals surface area (Å²) in [6, 6.07) is 12.2. The fourth-order valence-corrected chi connectivity index (χ4v) is 5.05. The van der Waals surface area contributed by atoms with E-state index >= 15 is 0 Å². The van der Waals surface area contributed by atoms with Crippen LogP contribution in [0.1, 0.15) is 49.1 Å². The molecule has 0 radical (unpaired) electrons. The van der Waals surface area contributed by atoms with E-state index in [-0.39, 0.29) is 17.0 Å². The number of alkyl halides is 3. The van der Waals surface area contributed by atoms with Crippen LogP contribution in [0.25, 0.3) is 16.7 Å². The molecule has 4 nitrogen and oxygen atoms in total. The second-order valence-corrected chi connectivity index (χ2v) is 9.24. The Morgan fingerprint density at radius 2 is 1.82 bits per heavy atom. The fraction of sp³-hybridized carbons (Fsp3) is 0.259. The van der Waals surface area contributed by atoms with Crippen LogP contribution in [0.4, 0.5) is 18.9 Å². The molecule has 0 amide bonds. The van der Waals surface area contributed by atoms with Crippen LogP contribution in [0.3, 0.4) is 0 Å². The van der Waals surface area contributed by atoms with Crippen molar-refractivity contribution in [2.24, 2.45) is 0 Å². The van der Waals surface area contributed by atoms with E-state index in [1.807, 2.05) is 19.1 Å². The van der Waals surface area contributed by atoms with Crippen molar-refractivity contribution in [3.8, 4) is 28.4 Å². The summed E-state index contributed by atoms with van der Waals surface area (Å²) in [5, 5.41) is 13.9. The van der Waals surface area contributed by atoms with Crippen LogP contribution in [-0.2, 0) is 6.18 Å². The van der Waals surface area contributed by atoms with Gasteiger partial charge in [0.05, 0.1) is 23.8 Å². The maximum Gasteiger partial charge on any atom is 0.416 e. The standard InChI is InChI=1S/C27H24F3NO3/c1-14-13-26(2,3)31-18-9-8-17-22-20(11-10-19(32)25(22)33-4)34-24(23(17)21(14)18)15-6-5-7-16(12-15)27(28,29)30/h5-13,24,31-32H,1-4H3. The van der Waals surface area contributed by atoms with E-state index < -0.39 is 17.8 Å². The largest absolute Gasteiger partial charge is 0.504 e. The average Bonchev–Trinajstić information content (AvgIpc) is 2.76. The minimum absolute atomic E-state index is 0.0439. The van der Waals surface area contributed by atoms with E-state index in [0.29, 0.717) is 16.9 Å². The topological polar surface area (TPSA) is 50.7 Å². The first-order valence-electron chi connectivity index (χ1n) is 10.9. The van der Waals surface area contributed by atoms with Crippen molar-refractivity contribution in [1.29, 1.82) is 0 Å². The average molecular weight is 467 g/mol. The zero-order chi connectivity index (χ0) is 24.4. The molecule has 2 N–H and O–H groups in total. The first-order valence-corrected chi connectivity index (χ1v) is 10.9. The Morgan fingerprint density at radius 3 is 2.53 bits per heavy atom. The van der Waals surface area contributed by atoms with Gasteiger partial charge in [0.15, 0.2) is 17.6 Å². The van der Waals surface area contributed by atoms with E-state index in [1.54, 1.807) is 12.1 Å². The lowest BCUT2D eigenvalue weighted by Gasteiger charge is -2.37. The molecule has 0 spiro atoms. The maximum atomic E-state index is 13.5. The number of hydrogen-bond donors (Lipinski definition) is 2. The number of phenols is 1. The van der Waals surface area contributed by atoms with Gasteiger partial charge in [-0.25, -0.2) is 0 Å². The van der Waals surface area contributed by atoms with Crippen LogP contribution in [0.15, 0.2) is 54.6 Å². The molecule has 0 saturated carbocycles. The molecule has 2 heterocycles. The van der Waals surface area contributed by atoms with Gasteiger partial charge in [-0.1, -0.05) is 24.3 Å². The number of aromatic hydroxyl groups is 1. The molecule has 0 bridgehead atoms. The molecular formula is C27H24F3NO3. The van der Waals surface area contributed by atoms with Crippen molar-refractivity contribution in [1.82, 2.24) is 0 Å². The molecule has 0 saturated heterocycles. The third-order valence-corrected chi connectivity index (χ3v) is 6.27. The SMILES string of the molecule is COc1c(O)ccc2c1-c1ccc3c(c1C(c1cccc(C(F)(F)F)c1)O2)C(C)=CC(C)(C)N3. The number of fused-ring (bicyclic) bond motifs is 5. The van der Waals surface area contributed by atoms with Gasteiger partial charge in [0.25, 0.3) is 0 Å². The highest BCUT2D eigenvalue weighted by atomic mass is 19.4. The number of benzene rings is 3. The van der Waals surface area contributed by atoms with Gasteiger partial charge in [0.2, 0.25) is 0 Å². The number of halogens is 3. The Morgan fingerprint density at radius 1 is 1.06 bits per heavy atom. The highest BCUT2D eigenvalue weighted by molar-refractivity contribution is 5.92. The van der Waals surface area contributed by atoms with Crippen molar-refractivity contribution < 1.29 is 27.8 Å². The number of allylic oxidation sites excluding steroid dienone is 1. The summed E-state index contributed by atoms with van der Waals surface area (Å²) in [5.74, 6) is 0.639. The second-order valence-electron chi connectivity index (χ2n) is 9.24. The van der Waals surface area contributed by atoms with Crippen molar-refractivity contribution in [3.05, 3.63) is 76.9 Å². The first-order chi connectivity index (χ1) is 16.0. The van der Waals surface area contributed by atoms with Crippen molar-refractivity contribution >= 4 is 11.3 Å². The molecule has 2 aliphatic rings. The van der Waals surface area contributed by atoms with Crippen LogP contribution < -0.4 is 14.8 Å². The summed E-state index contributed by atoms with van der Waals surface area (Å²) in [6.45, 7) is 6.09. The molecule has 7 heteroatoms. The van der Waals surface area contributed by atoms with Crippen LogP contribution in [0.5, 0.6) is 17.2 Å². The Hall–Kier alpha value is -3.61. The van der Waals surface area contributed by atoms with E-state index in [0.717, 1.165) is 40.1 Å². The lowest BCUT2D eigenvalue weighted by Crippen LogP contribution is -2.32. The summed E-state index contributed by atoms with van der Waals surface area (Å²) in [5.41, 5.74) is 4.12. The van der Waals surface area contributed by atoms with Crippen molar-refractivity contribution in [2.75, 3.05) is 12.4 Å². The van der Waals surface area contributed by atoms with Crippen molar-refractivity contribution in [3.63, 3.8) is 0 Å². The van der Waals surface area contributed by atoms with Crippen LogP contribution in [0.2, 0.25) is 0 Å². The van der Waals surface area contributed by atoms with Crippen LogP contribution in [0, 0.1) is 0 Å². The monoisotopic (exact) mass is 467 g/mol. The Balaban J connectivity index is 1.82. The summed E-state index contributed by atoms with van der Waals surface area (Å²) in [4.78, 5) is 0. The Kier molecular flexibility index (Phi) is 4.86. The first kappa shape index (κ1) is 22.2. The van der Waals surface area contributed by atoms with Gasteiger partial charge in [0.1, 0.15) is 5.75 Å². The van der Waals surface area contributed by atoms with E-state index in [4.69, 9.17) is 9.47 Å². The minimum Gasteiger partial charge on any atom is -0.504 e. The van der Waals surface area contributed by atoms with E-state index in [1.165, 1.54) is 19.2 Å². The van der Waals surface area contributed by atoms with E-state index in [9.17, 15) is 18.3 Å². The maximum absolute atomic E-state index is 13.5. The van der Waals surface area contributed by atoms with Gasteiger partial charge in [-0.05, 0) is 67.8 Å². The van der Waals surface area contributed by atoms with Crippen LogP contribution in [-0.4, -0.2) is 17.8 Å². The summed E-state index contributed by atoms with van der Waals surface area (Å²) in [6.07, 6.45) is -3.17. The summed E-state index contributed by atoms with van der Waals surface area (Å²) < 4.78 is 52.5.